The lowest BCUT2D eigenvalue weighted by atomic mass is 9.82. The predicted octanol–water partition coefficient (Wildman–Crippen LogP) is 3.34. The van der Waals surface area contributed by atoms with E-state index < -0.39 is 11.6 Å². The normalized spacial score (nSPS) is 24.6. The van der Waals surface area contributed by atoms with Crippen molar-refractivity contribution >= 4 is 0 Å². The summed E-state index contributed by atoms with van der Waals surface area (Å²) in [6, 6.07) is 8.16. The zero-order valence-corrected chi connectivity index (χ0v) is 16.6. The van der Waals surface area contributed by atoms with Crippen molar-refractivity contribution in [3.63, 3.8) is 0 Å². The molecule has 4 heterocycles. The minimum absolute atomic E-state index is 0.144. The van der Waals surface area contributed by atoms with Crippen LogP contribution in [0.5, 0.6) is 0 Å². The highest BCUT2D eigenvalue weighted by atomic mass is 19.1. The number of fused-ring (bicyclic) bond motifs is 4. The van der Waals surface area contributed by atoms with Gasteiger partial charge in [0.1, 0.15) is 11.6 Å². The zero-order valence-electron chi connectivity index (χ0n) is 16.6. The molecule has 2 fully saturated rings. The Kier molecular flexibility index (Phi) is 5.00. The van der Waals surface area contributed by atoms with Crippen molar-refractivity contribution < 1.29 is 8.78 Å². The number of piperidine rings is 1. The number of pyridine rings is 1. The predicted molar refractivity (Wildman–Crippen MR) is 108 cm³/mol. The molecule has 5 rings (SSSR count). The quantitative estimate of drug-likeness (QED) is 0.790. The third-order valence-corrected chi connectivity index (χ3v) is 6.79. The molecule has 3 aliphatic heterocycles. The molecule has 4 nitrogen and oxygen atoms in total. The first-order valence-corrected chi connectivity index (χ1v) is 10.7. The molecule has 1 aromatic heterocycles. The van der Waals surface area contributed by atoms with E-state index in [2.05, 4.69) is 15.9 Å². The van der Waals surface area contributed by atoms with Crippen molar-refractivity contribution in [2.75, 3.05) is 26.2 Å². The van der Waals surface area contributed by atoms with Gasteiger partial charge >= 0.3 is 0 Å². The largest absolute Gasteiger partial charge is 0.312 e. The van der Waals surface area contributed by atoms with E-state index >= 15 is 0 Å². The summed E-state index contributed by atoms with van der Waals surface area (Å²) < 4.78 is 30.1. The molecule has 154 valence electrons. The van der Waals surface area contributed by atoms with E-state index in [1.165, 1.54) is 31.0 Å². The van der Waals surface area contributed by atoms with Crippen molar-refractivity contribution in [2.24, 2.45) is 5.92 Å². The van der Waals surface area contributed by atoms with Crippen LogP contribution in [0, 0.1) is 17.6 Å². The number of hydrogen-bond acceptors (Lipinski definition) is 3. The van der Waals surface area contributed by atoms with Gasteiger partial charge in [-0.3, -0.25) is 14.6 Å². The average Bonchev–Trinajstić information content (AvgIpc) is 3.21. The number of aromatic nitrogens is 1. The average molecular weight is 399 g/mol. The van der Waals surface area contributed by atoms with Gasteiger partial charge in [0.05, 0.1) is 0 Å². The molecular formula is C23H27F2N3O. The first-order chi connectivity index (χ1) is 14.1. The van der Waals surface area contributed by atoms with Gasteiger partial charge in [-0.2, -0.15) is 0 Å². The van der Waals surface area contributed by atoms with Gasteiger partial charge in [0.2, 0.25) is 0 Å². The first kappa shape index (κ1) is 18.9. The fourth-order valence-electron chi connectivity index (χ4n) is 5.43. The molecule has 0 aliphatic carbocycles. The smallest absolute Gasteiger partial charge is 0.255 e. The van der Waals surface area contributed by atoms with E-state index in [0.717, 1.165) is 50.4 Å². The van der Waals surface area contributed by atoms with Crippen LogP contribution >= 0.6 is 0 Å². The summed E-state index contributed by atoms with van der Waals surface area (Å²) in [6.45, 7) is 5.38. The van der Waals surface area contributed by atoms with Gasteiger partial charge in [0, 0.05) is 55.5 Å². The number of nitrogens with zero attached hydrogens (tertiary/aromatic N) is 3. The van der Waals surface area contributed by atoms with Crippen LogP contribution in [0.3, 0.4) is 0 Å². The van der Waals surface area contributed by atoms with Crippen molar-refractivity contribution in [1.29, 1.82) is 0 Å². The summed E-state index contributed by atoms with van der Waals surface area (Å²) in [5.74, 6) is -0.380. The Labute approximate surface area is 169 Å². The second-order valence-corrected chi connectivity index (χ2v) is 8.88. The molecule has 0 amide bonds. The minimum atomic E-state index is -0.482. The SMILES string of the molecule is O=c1c(CN2CCCC2)ccc2n1C[C@H]1C[C@@H]2CN(Cc2c(F)cccc2F)C1. The zero-order chi connectivity index (χ0) is 20.0. The molecule has 0 unspecified atom stereocenters. The van der Waals surface area contributed by atoms with E-state index in [4.69, 9.17) is 0 Å². The Morgan fingerprint density at radius 1 is 0.897 bits per heavy atom. The van der Waals surface area contributed by atoms with Gasteiger partial charge in [-0.1, -0.05) is 12.1 Å². The molecule has 6 heteroatoms. The van der Waals surface area contributed by atoms with E-state index in [0.29, 0.717) is 12.5 Å². The molecule has 2 atom stereocenters. The Balaban J connectivity index is 1.37. The lowest BCUT2D eigenvalue weighted by Crippen LogP contribution is -2.47. The Bertz CT molecular complexity index is 947. The highest BCUT2D eigenvalue weighted by Crippen LogP contribution is 2.36. The molecule has 2 saturated heterocycles. The lowest BCUT2D eigenvalue weighted by Gasteiger charge is -2.43. The molecule has 0 spiro atoms. The van der Waals surface area contributed by atoms with Crippen molar-refractivity contribution in [1.82, 2.24) is 14.4 Å². The monoisotopic (exact) mass is 399 g/mol. The van der Waals surface area contributed by atoms with Gasteiger partial charge in [0.25, 0.3) is 5.56 Å². The molecule has 0 saturated carbocycles. The van der Waals surface area contributed by atoms with Crippen LogP contribution in [0.1, 0.15) is 42.0 Å². The topological polar surface area (TPSA) is 28.5 Å². The van der Waals surface area contributed by atoms with Gasteiger partial charge in [-0.15, -0.1) is 0 Å². The number of likely N-dealkylation sites (tertiary alicyclic amines) is 2. The third kappa shape index (κ3) is 3.64. The highest BCUT2D eigenvalue weighted by molar-refractivity contribution is 5.24. The van der Waals surface area contributed by atoms with Crippen LogP contribution in [0.25, 0.3) is 0 Å². The summed E-state index contributed by atoms with van der Waals surface area (Å²) in [5, 5.41) is 0. The van der Waals surface area contributed by atoms with Gasteiger partial charge < -0.3 is 4.57 Å². The molecule has 2 aromatic rings. The molecule has 2 bridgehead atoms. The van der Waals surface area contributed by atoms with Crippen molar-refractivity contribution in [3.05, 3.63) is 69.1 Å². The van der Waals surface area contributed by atoms with Crippen LogP contribution in [0.15, 0.2) is 35.1 Å². The molecule has 0 N–H and O–H groups in total. The summed E-state index contributed by atoms with van der Waals surface area (Å²) in [4.78, 5) is 17.6. The molecule has 1 aromatic carbocycles. The van der Waals surface area contributed by atoms with Crippen LogP contribution in [-0.2, 0) is 19.6 Å². The van der Waals surface area contributed by atoms with E-state index in [-0.39, 0.29) is 23.6 Å². The van der Waals surface area contributed by atoms with E-state index in [9.17, 15) is 13.6 Å². The van der Waals surface area contributed by atoms with Gasteiger partial charge in [-0.25, -0.2) is 8.78 Å². The number of benzene rings is 1. The maximum Gasteiger partial charge on any atom is 0.255 e. The molecule has 3 aliphatic rings. The van der Waals surface area contributed by atoms with Gasteiger partial charge in [0.15, 0.2) is 0 Å². The molecular weight excluding hydrogens is 372 g/mol. The maximum absolute atomic E-state index is 14.1. The Morgan fingerprint density at radius 2 is 1.66 bits per heavy atom. The highest BCUT2D eigenvalue weighted by Gasteiger charge is 2.35. The number of hydrogen-bond donors (Lipinski definition) is 0. The summed E-state index contributed by atoms with van der Waals surface area (Å²) in [6.07, 6.45) is 3.48. The Hall–Kier alpha value is -2.05. The minimum Gasteiger partial charge on any atom is -0.312 e. The van der Waals surface area contributed by atoms with Crippen LogP contribution < -0.4 is 5.56 Å². The number of rotatable bonds is 4. The number of halogens is 2. The summed E-state index contributed by atoms with van der Waals surface area (Å²) >= 11 is 0. The fourth-order valence-corrected chi connectivity index (χ4v) is 5.43. The van der Waals surface area contributed by atoms with Crippen LogP contribution in [0.2, 0.25) is 0 Å². The van der Waals surface area contributed by atoms with Gasteiger partial charge in [-0.05, 0) is 56.5 Å². The molecule has 0 radical (unpaired) electrons. The summed E-state index contributed by atoms with van der Waals surface area (Å²) in [5.41, 5.74) is 2.26. The van der Waals surface area contributed by atoms with Crippen LogP contribution in [-0.4, -0.2) is 40.5 Å². The third-order valence-electron chi connectivity index (χ3n) is 6.79. The lowest BCUT2D eigenvalue weighted by molar-refractivity contribution is 0.112. The maximum atomic E-state index is 14.1. The van der Waals surface area contributed by atoms with Crippen molar-refractivity contribution in [2.45, 2.75) is 44.8 Å². The molecule has 29 heavy (non-hydrogen) atoms. The first-order valence-electron chi connectivity index (χ1n) is 10.7. The standard InChI is InChI=1S/C23H27F2N3O/c24-20-4-3-5-21(25)19(20)15-27-11-16-10-18(14-27)22-7-6-17(23(29)28(22)12-16)13-26-8-1-2-9-26/h3-7,16,18H,1-2,8-15H2/t16-,18+/m0/s1. The summed E-state index contributed by atoms with van der Waals surface area (Å²) in [7, 11) is 0. The van der Waals surface area contributed by atoms with E-state index in [1.807, 2.05) is 10.6 Å². The Morgan fingerprint density at radius 3 is 2.41 bits per heavy atom. The second-order valence-electron chi connectivity index (χ2n) is 8.88. The van der Waals surface area contributed by atoms with Crippen LogP contribution in [0.4, 0.5) is 8.78 Å². The second kappa shape index (κ2) is 7.65. The van der Waals surface area contributed by atoms with Crippen molar-refractivity contribution in [3.8, 4) is 0 Å². The fraction of sp³-hybridized carbons (Fsp3) is 0.522. The van der Waals surface area contributed by atoms with E-state index in [1.54, 1.807) is 0 Å².